The van der Waals surface area contributed by atoms with Gasteiger partial charge in [0.1, 0.15) is 6.04 Å². The highest BCUT2D eigenvalue weighted by Gasteiger charge is 2.34. The Morgan fingerprint density at radius 3 is 2.84 bits per heavy atom. The fourth-order valence-corrected chi connectivity index (χ4v) is 2.70. The topological polar surface area (TPSA) is 44.4 Å². The number of benzene rings is 1. The van der Waals surface area contributed by atoms with E-state index in [2.05, 4.69) is 54.5 Å². The van der Waals surface area contributed by atoms with Crippen LogP contribution in [0.15, 0.2) is 18.2 Å². The molecule has 0 bridgehead atoms. The van der Waals surface area contributed by atoms with Crippen LogP contribution < -0.4 is 15.5 Å². The predicted molar refractivity (Wildman–Crippen MR) is 78.6 cm³/mol. The van der Waals surface area contributed by atoms with Gasteiger partial charge in [-0.3, -0.25) is 4.79 Å². The zero-order chi connectivity index (χ0) is 14.0. The fourth-order valence-electron chi connectivity index (χ4n) is 2.70. The summed E-state index contributed by atoms with van der Waals surface area (Å²) < 4.78 is 0. The summed E-state index contributed by atoms with van der Waals surface area (Å²) in [5.41, 5.74) is 3.69. The molecule has 2 rings (SSSR count). The molecule has 1 aromatic carbocycles. The summed E-state index contributed by atoms with van der Waals surface area (Å²) in [7, 11) is 1.88. The maximum Gasteiger partial charge on any atom is 0.244 e. The van der Waals surface area contributed by atoms with Crippen molar-refractivity contribution in [2.45, 2.75) is 32.9 Å². The molecule has 1 heterocycles. The molecule has 1 amide bonds. The standard InChI is InChI=1S/C15H23N3O/c1-10-6-5-7-13(12(10)3)18-11(2)8-17-15(19)14(18)9-16-4/h5-7,11,14,16H,8-9H2,1-4H3,(H,17,19). The molecule has 0 saturated carbocycles. The highest BCUT2D eigenvalue weighted by molar-refractivity contribution is 5.87. The molecule has 1 aliphatic heterocycles. The van der Waals surface area contributed by atoms with Gasteiger partial charge in [-0.25, -0.2) is 0 Å². The van der Waals surface area contributed by atoms with Crippen LogP contribution in [-0.2, 0) is 4.79 Å². The molecule has 2 atom stereocenters. The van der Waals surface area contributed by atoms with Crippen molar-refractivity contribution in [3.05, 3.63) is 29.3 Å². The fraction of sp³-hybridized carbons (Fsp3) is 0.533. The van der Waals surface area contributed by atoms with E-state index in [4.69, 9.17) is 0 Å². The molecule has 2 unspecified atom stereocenters. The number of hydrogen-bond donors (Lipinski definition) is 2. The van der Waals surface area contributed by atoms with Crippen molar-refractivity contribution < 1.29 is 4.79 Å². The summed E-state index contributed by atoms with van der Waals surface area (Å²) in [6.07, 6.45) is 0. The number of piperazine rings is 1. The van der Waals surface area contributed by atoms with Crippen molar-refractivity contribution in [2.24, 2.45) is 0 Å². The van der Waals surface area contributed by atoms with E-state index < -0.39 is 0 Å². The largest absolute Gasteiger partial charge is 0.354 e. The third-order valence-corrected chi connectivity index (χ3v) is 3.94. The first-order valence-corrected chi connectivity index (χ1v) is 6.83. The van der Waals surface area contributed by atoms with Crippen LogP contribution >= 0.6 is 0 Å². The van der Waals surface area contributed by atoms with E-state index in [1.54, 1.807) is 0 Å². The number of hydrogen-bond acceptors (Lipinski definition) is 3. The summed E-state index contributed by atoms with van der Waals surface area (Å²) in [6, 6.07) is 6.44. The van der Waals surface area contributed by atoms with Crippen LogP contribution in [0.4, 0.5) is 5.69 Å². The molecule has 1 aliphatic rings. The van der Waals surface area contributed by atoms with Gasteiger partial charge in [0.15, 0.2) is 0 Å². The molecule has 0 radical (unpaired) electrons. The number of likely N-dealkylation sites (N-methyl/N-ethyl adjacent to an activating group) is 1. The van der Waals surface area contributed by atoms with Crippen LogP contribution in [0.3, 0.4) is 0 Å². The minimum atomic E-state index is -0.144. The Hall–Kier alpha value is -1.55. The molecule has 0 aliphatic carbocycles. The van der Waals surface area contributed by atoms with Gasteiger partial charge in [-0.1, -0.05) is 12.1 Å². The highest BCUT2D eigenvalue weighted by atomic mass is 16.2. The van der Waals surface area contributed by atoms with Crippen LogP contribution in [0.2, 0.25) is 0 Å². The normalized spacial score (nSPS) is 23.4. The molecular weight excluding hydrogens is 238 g/mol. The van der Waals surface area contributed by atoms with Crippen LogP contribution in [-0.4, -0.2) is 38.1 Å². The first-order valence-electron chi connectivity index (χ1n) is 6.83. The second-order valence-electron chi connectivity index (χ2n) is 5.29. The third kappa shape index (κ3) is 2.59. The van der Waals surface area contributed by atoms with Crippen molar-refractivity contribution in [3.63, 3.8) is 0 Å². The number of amides is 1. The number of nitrogens with one attached hydrogen (secondary N) is 2. The quantitative estimate of drug-likeness (QED) is 0.860. The molecule has 0 spiro atoms. The van der Waals surface area contributed by atoms with Crippen LogP contribution in [0.25, 0.3) is 0 Å². The van der Waals surface area contributed by atoms with Gasteiger partial charge in [0.25, 0.3) is 0 Å². The average Bonchev–Trinajstić information content (AvgIpc) is 2.39. The number of nitrogens with zero attached hydrogens (tertiary/aromatic N) is 1. The van der Waals surface area contributed by atoms with Crippen LogP contribution in [0, 0.1) is 13.8 Å². The van der Waals surface area contributed by atoms with Crippen molar-refractivity contribution in [1.29, 1.82) is 0 Å². The molecule has 4 heteroatoms. The Morgan fingerprint density at radius 1 is 1.42 bits per heavy atom. The van der Waals surface area contributed by atoms with Crippen molar-refractivity contribution in [3.8, 4) is 0 Å². The van der Waals surface area contributed by atoms with Gasteiger partial charge in [-0.05, 0) is 45.0 Å². The second kappa shape index (κ2) is 5.61. The van der Waals surface area contributed by atoms with Gasteiger partial charge >= 0.3 is 0 Å². The lowest BCUT2D eigenvalue weighted by atomic mass is 10.0. The molecule has 1 aromatic rings. The molecular formula is C15H23N3O. The highest BCUT2D eigenvalue weighted by Crippen LogP contribution is 2.27. The van der Waals surface area contributed by atoms with Crippen LogP contribution in [0.5, 0.6) is 0 Å². The Labute approximate surface area is 115 Å². The maximum absolute atomic E-state index is 12.1. The number of anilines is 1. The zero-order valence-corrected chi connectivity index (χ0v) is 12.2. The minimum Gasteiger partial charge on any atom is -0.354 e. The second-order valence-corrected chi connectivity index (χ2v) is 5.29. The summed E-state index contributed by atoms with van der Waals surface area (Å²) in [4.78, 5) is 14.4. The molecule has 104 valence electrons. The first-order chi connectivity index (χ1) is 9.06. The summed E-state index contributed by atoms with van der Waals surface area (Å²) >= 11 is 0. The number of rotatable bonds is 3. The maximum atomic E-state index is 12.1. The van der Waals surface area contributed by atoms with Gasteiger partial charge in [0.2, 0.25) is 5.91 Å². The molecule has 4 nitrogen and oxygen atoms in total. The molecule has 1 saturated heterocycles. The van der Waals surface area contributed by atoms with Crippen molar-refractivity contribution in [1.82, 2.24) is 10.6 Å². The van der Waals surface area contributed by atoms with E-state index in [1.165, 1.54) is 16.8 Å². The first kappa shape index (κ1) is 13.9. The lowest BCUT2D eigenvalue weighted by Gasteiger charge is -2.42. The Bertz CT molecular complexity index is 472. The molecule has 19 heavy (non-hydrogen) atoms. The molecule has 0 aromatic heterocycles. The zero-order valence-electron chi connectivity index (χ0n) is 12.2. The van der Waals surface area contributed by atoms with E-state index in [0.29, 0.717) is 19.1 Å². The lowest BCUT2D eigenvalue weighted by Crippen LogP contribution is -2.62. The monoisotopic (exact) mass is 261 g/mol. The van der Waals surface area contributed by atoms with Gasteiger partial charge in [0.05, 0.1) is 0 Å². The van der Waals surface area contributed by atoms with Crippen LogP contribution in [0.1, 0.15) is 18.1 Å². The summed E-state index contributed by atoms with van der Waals surface area (Å²) in [6.45, 7) is 7.75. The van der Waals surface area contributed by atoms with Gasteiger partial charge < -0.3 is 15.5 Å². The predicted octanol–water partition coefficient (Wildman–Crippen LogP) is 1.22. The smallest absolute Gasteiger partial charge is 0.244 e. The summed E-state index contributed by atoms with van der Waals surface area (Å²) in [5.74, 6) is 0.105. The van der Waals surface area contributed by atoms with E-state index in [9.17, 15) is 4.79 Å². The minimum absolute atomic E-state index is 0.105. The van der Waals surface area contributed by atoms with E-state index in [1.807, 2.05) is 7.05 Å². The van der Waals surface area contributed by atoms with E-state index in [-0.39, 0.29) is 11.9 Å². The molecule has 2 N–H and O–H groups in total. The Morgan fingerprint density at radius 2 is 2.16 bits per heavy atom. The SMILES string of the molecule is CNCC1C(=O)NCC(C)N1c1cccc(C)c1C. The van der Waals surface area contributed by atoms with Crippen molar-refractivity contribution >= 4 is 11.6 Å². The average molecular weight is 261 g/mol. The number of aryl methyl sites for hydroxylation is 1. The summed E-state index contributed by atoms with van der Waals surface area (Å²) in [5, 5.41) is 6.10. The third-order valence-electron chi connectivity index (χ3n) is 3.94. The van der Waals surface area contributed by atoms with Gasteiger partial charge in [-0.15, -0.1) is 0 Å². The molecule has 1 fully saturated rings. The Balaban J connectivity index is 2.42. The van der Waals surface area contributed by atoms with Gasteiger partial charge in [-0.2, -0.15) is 0 Å². The van der Waals surface area contributed by atoms with E-state index in [0.717, 1.165) is 0 Å². The van der Waals surface area contributed by atoms with Gasteiger partial charge in [0, 0.05) is 24.8 Å². The van der Waals surface area contributed by atoms with E-state index >= 15 is 0 Å². The van der Waals surface area contributed by atoms with Crippen molar-refractivity contribution in [2.75, 3.05) is 25.0 Å². The lowest BCUT2D eigenvalue weighted by molar-refractivity contribution is -0.123. The Kier molecular flexibility index (Phi) is 4.10. The number of carbonyl (C=O) groups excluding carboxylic acids is 1. The number of carbonyl (C=O) groups is 1.